The van der Waals surface area contributed by atoms with Crippen molar-refractivity contribution in [2.24, 2.45) is 5.92 Å². The molecule has 17 heavy (non-hydrogen) atoms. The maximum absolute atomic E-state index is 4.59. The maximum Gasteiger partial charge on any atom is 0.0930 e. The molecule has 1 atom stereocenters. The van der Waals surface area contributed by atoms with E-state index in [1.165, 1.54) is 22.0 Å². The Morgan fingerprint density at radius 3 is 2.41 bits per heavy atom. The lowest BCUT2D eigenvalue weighted by atomic mass is 10.0. The molecule has 0 fully saturated rings. The first-order chi connectivity index (χ1) is 7.78. The fourth-order valence-electron chi connectivity index (χ4n) is 1.60. The van der Waals surface area contributed by atoms with Crippen molar-refractivity contribution in [1.82, 2.24) is 10.3 Å². The van der Waals surface area contributed by atoms with Gasteiger partial charge in [-0.25, -0.2) is 4.98 Å². The summed E-state index contributed by atoms with van der Waals surface area (Å²) in [6.07, 6.45) is 2.34. The first-order valence-electron chi connectivity index (χ1n) is 6.46. The molecule has 0 amide bonds. The summed E-state index contributed by atoms with van der Waals surface area (Å²) >= 11 is 1.85. The van der Waals surface area contributed by atoms with Crippen LogP contribution in [-0.2, 0) is 6.42 Å². The number of hydrogen-bond donors (Lipinski definition) is 1. The summed E-state index contributed by atoms with van der Waals surface area (Å²) in [6.45, 7) is 14.3. The molecule has 0 aliphatic rings. The van der Waals surface area contributed by atoms with Gasteiger partial charge in [0.25, 0.3) is 0 Å². The molecule has 0 radical (unpaired) electrons. The molecule has 2 nitrogen and oxygen atoms in total. The van der Waals surface area contributed by atoms with Crippen molar-refractivity contribution in [1.29, 1.82) is 0 Å². The van der Waals surface area contributed by atoms with Gasteiger partial charge in [-0.3, -0.25) is 0 Å². The van der Waals surface area contributed by atoms with Crippen LogP contribution >= 0.6 is 11.3 Å². The molecule has 1 heterocycles. The molecule has 3 heteroatoms. The average Bonchev–Trinajstić information content (AvgIpc) is 2.51. The van der Waals surface area contributed by atoms with Crippen molar-refractivity contribution < 1.29 is 0 Å². The fraction of sp³-hybridized carbons (Fsp3) is 0.786. The monoisotopic (exact) mass is 254 g/mol. The largest absolute Gasteiger partial charge is 0.312 e. The number of nitrogens with zero attached hydrogens (tertiary/aromatic N) is 1. The van der Waals surface area contributed by atoms with Crippen molar-refractivity contribution >= 4 is 11.3 Å². The van der Waals surface area contributed by atoms with Gasteiger partial charge in [0.1, 0.15) is 0 Å². The van der Waals surface area contributed by atoms with Gasteiger partial charge in [-0.2, -0.15) is 0 Å². The Labute approximate surface area is 110 Å². The molecule has 1 aromatic rings. The lowest BCUT2D eigenvalue weighted by Crippen LogP contribution is -2.38. The molecule has 1 aromatic heterocycles. The highest BCUT2D eigenvalue weighted by Gasteiger charge is 2.12. The smallest absolute Gasteiger partial charge is 0.0930 e. The van der Waals surface area contributed by atoms with E-state index >= 15 is 0 Å². The first-order valence-corrected chi connectivity index (χ1v) is 7.27. The number of thiazole rings is 1. The van der Waals surface area contributed by atoms with Gasteiger partial charge in [-0.1, -0.05) is 6.92 Å². The summed E-state index contributed by atoms with van der Waals surface area (Å²) in [6, 6.07) is 0. The second-order valence-electron chi connectivity index (χ2n) is 6.02. The van der Waals surface area contributed by atoms with E-state index in [1.807, 2.05) is 11.3 Å². The van der Waals surface area contributed by atoms with Crippen molar-refractivity contribution in [3.63, 3.8) is 0 Å². The lowest BCUT2D eigenvalue weighted by molar-refractivity contribution is 0.372. The molecule has 1 rings (SSSR count). The van der Waals surface area contributed by atoms with Crippen LogP contribution < -0.4 is 5.32 Å². The van der Waals surface area contributed by atoms with Crippen LogP contribution in [-0.4, -0.2) is 17.1 Å². The van der Waals surface area contributed by atoms with E-state index in [4.69, 9.17) is 0 Å². The molecule has 0 aliphatic carbocycles. The van der Waals surface area contributed by atoms with E-state index in [2.05, 4.69) is 51.8 Å². The minimum absolute atomic E-state index is 0.225. The minimum atomic E-state index is 0.225. The topological polar surface area (TPSA) is 24.9 Å². The number of aryl methyl sites for hydroxylation is 3. The van der Waals surface area contributed by atoms with Crippen LogP contribution in [0.15, 0.2) is 0 Å². The zero-order valence-electron chi connectivity index (χ0n) is 12.1. The maximum atomic E-state index is 4.59. The first kappa shape index (κ1) is 14.7. The van der Waals surface area contributed by atoms with Crippen molar-refractivity contribution in [2.45, 2.75) is 59.9 Å². The number of nitrogens with one attached hydrogen (secondary N) is 1. The van der Waals surface area contributed by atoms with Gasteiger partial charge in [0.15, 0.2) is 0 Å². The lowest BCUT2D eigenvalue weighted by Gasteiger charge is -2.23. The van der Waals surface area contributed by atoms with E-state index in [9.17, 15) is 0 Å². The summed E-state index contributed by atoms with van der Waals surface area (Å²) in [4.78, 5) is 5.95. The van der Waals surface area contributed by atoms with Gasteiger partial charge in [0, 0.05) is 10.4 Å². The highest BCUT2D eigenvalue weighted by atomic mass is 32.1. The molecule has 1 N–H and O–H groups in total. The van der Waals surface area contributed by atoms with Crippen molar-refractivity contribution in [3.8, 4) is 0 Å². The second kappa shape index (κ2) is 5.96. The standard InChI is InChI=1S/C14H26N2S/c1-10(9-15-14(4,5)6)7-8-13-16-11(2)12(3)17-13/h10,15H,7-9H2,1-6H3. The molecule has 0 aliphatic heterocycles. The van der Waals surface area contributed by atoms with E-state index in [-0.39, 0.29) is 5.54 Å². The normalized spacial score (nSPS) is 14.0. The molecular weight excluding hydrogens is 228 g/mol. The molecule has 1 unspecified atom stereocenters. The average molecular weight is 254 g/mol. The van der Waals surface area contributed by atoms with Crippen LogP contribution in [0.3, 0.4) is 0 Å². The predicted octanol–water partition coefficient (Wildman–Crippen LogP) is 3.72. The third-order valence-corrected chi connectivity index (χ3v) is 4.04. The number of rotatable bonds is 5. The molecular formula is C14H26N2S. The SMILES string of the molecule is Cc1nc(CCC(C)CNC(C)(C)C)sc1C. The van der Waals surface area contributed by atoms with Crippen LogP contribution in [0.4, 0.5) is 0 Å². The summed E-state index contributed by atoms with van der Waals surface area (Å²) < 4.78 is 0. The van der Waals surface area contributed by atoms with Crippen molar-refractivity contribution in [2.75, 3.05) is 6.54 Å². The Morgan fingerprint density at radius 2 is 1.94 bits per heavy atom. The van der Waals surface area contributed by atoms with E-state index in [1.54, 1.807) is 0 Å². The second-order valence-corrected chi connectivity index (χ2v) is 7.31. The third-order valence-electron chi connectivity index (χ3n) is 2.90. The zero-order valence-corrected chi connectivity index (χ0v) is 12.9. The zero-order chi connectivity index (χ0) is 13.1. The third kappa shape index (κ3) is 5.64. The van der Waals surface area contributed by atoms with Crippen molar-refractivity contribution in [3.05, 3.63) is 15.6 Å². The Kier molecular flexibility index (Phi) is 5.14. The van der Waals surface area contributed by atoms with Gasteiger partial charge in [-0.15, -0.1) is 11.3 Å². The number of aromatic nitrogens is 1. The fourth-order valence-corrected chi connectivity index (χ4v) is 2.55. The van der Waals surface area contributed by atoms with Crippen LogP contribution in [0, 0.1) is 19.8 Å². The summed E-state index contributed by atoms with van der Waals surface area (Å²) in [5.74, 6) is 0.707. The molecule has 98 valence electrons. The quantitative estimate of drug-likeness (QED) is 0.866. The Morgan fingerprint density at radius 1 is 1.29 bits per heavy atom. The van der Waals surface area contributed by atoms with Gasteiger partial charge in [-0.05, 0) is 59.9 Å². The summed E-state index contributed by atoms with van der Waals surface area (Å²) in [5.41, 5.74) is 1.42. The Bertz CT molecular complexity index is 330. The van der Waals surface area contributed by atoms with Gasteiger partial charge in [0.2, 0.25) is 0 Å². The molecule has 0 spiro atoms. The van der Waals surface area contributed by atoms with Gasteiger partial charge < -0.3 is 5.32 Å². The highest BCUT2D eigenvalue weighted by Crippen LogP contribution is 2.19. The van der Waals surface area contributed by atoms with Crippen LogP contribution in [0.25, 0.3) is 0 Å². The Balaban J connectivity index is 2.31. The van der Waals surface area contributed by atoms with E-state index in [0.29, 0.717) is 5.92 Å². The molecule has 0 saturated heterocycles. The minimum Gasteiger partial charge on any atom is -0.312 e. The number of hydrogen-bond acceptors (Lipinski definition) is 3. The predicted molar refractivity (Wildman–Crippen MR) is 76.8 cm³/mol. The highest BCUT2D eigenvalue weighted by molar-refractivity contribution is 7.11. The van der Waals surface area contributed by atoms with Crippen LogP contribution in [0.5, 0.6) is 0 Å². The van der Waals surface area contributed by atoms with Gasteiger partial charge in [0.05, 0.1) is 10.7 Å². The summed E-state index contributed by atoms with van der Waals surface area (Å²) in [7, 11) is 0. The summed E-state index contributed by atoms with van der Waals surface area (Å²) in [5, 5.41) is 4.85. The van der Waals surface area contributed by atoms with E-state index in [0.717, 1.165) is 13.0 Å². The van der Waals surface area contributed by atoms with Gasteiger partial charge >= 0.3 is 0 Å². The van der Waals surface area contributed by atoms with Crippen LogP contribution in [0.2, 0.25) is 0 Å². The van der Waals surface area contributed by atoms with E-state index < -0.39 is 0 Å². The Hall–Kier alpha value is -0.410. The molecule has 0 bridgehead atoms. The molecule has 0 aromatic carbocycles. The molecule has 0 saturated carbocycles. The van der Waals surface area contributed by atoms with Crippen LogP contribution in [0.1, 0.15) is 49.7 Å².